The first-order chi connectivity index (χ1) is 4.55. The van der Waals surface area contributed by atoms with E-state index in [2.05, 4.69) is 25.3 Å². The summed E-state index contributed by atoms with van der Waals surface area (Å²) >= 11 is 23.3. The van der Waals surface area contributed by atoms with Gasteiger partial charge in [0.05, 0.1) is 15.4 Å². The quantitative estimate of drug-likeness (QED) is 0.475. The van der Waals surface area contributed by atoms with Crippen molar-refractivity contribution in [3.8, 4) is 0 Å². The molecule has 0 spiro atoms. The van der Waals surface area contributed by atoms with Crippen LogP contribution in [0.15, 0.2) is 0 Å². The molecule has 0 aromatic carbocycles. The molecular formula is C5H4S5. The van der Waals surface area contributed by atoms with E-state index in [1.165, 1.54) is 0 Å². The third kappa shape index (κ3) is 1.30. The summed E-state index contributed by atoms with van der Waals surface area (Å²) in [6, 6.07) is 0. The SMILES string of the molecule is S=C1C(=S)C(S)C(S)C1=S. The Morgan fingerprint density at radius 2 is 1.20 bits per heavy atom. The van der Waals surface area contributed by atoms with Gasteiger partial charge in [-0.3, -0.25) is 0 Å². The molecular weight excluding hydrogens is 220 g/mol. The van der Waals surface area contributed by atoms with Gasteiger partial charge in [0.15, 0.2) is 0 Å². The van der Waals surface area contributed by atoms with E-state index in [0.717, 1.165) is 0 Å². The minimum absolute atomic E-state index is 0.0571. The fourth-order valence-corrected chi connectivity index (χ4v) is 2.42. The van der Waals surface area contributed by atoms with Crippen LogP contribution in [0.25, 0.3) is 0 Å². The Balaban J connectivity index is 3.00. The Hall–Kier alpha value is 0.970. The van der Waals surface area contributed by atoms with Gasteiger partial charge in [0.1, 0.15) is 0 Å². The maximum absolute atomic E-state index is 4.96. The van der Waals surface area contributed by atoms with Gasteiger partial charge in [0.2, 0.25) is 0 Å². The van der Waals surface area contributed by atoms with E-state index in [9.17, 15) is 0 Å². The molecule has 2 atom stereocenters. The molecule has 0 radical (unpaired) electrons. The van der Waals surface area contributed by atoms with Crippen molar-refractivity contribution in [1.82, 2.24) is 0 Å². The summed E-state index contributed by atoms with van der Waals surface area (Å²) in [5, 5.41) is -0.114. The summed E-state index contributed by atoms with van der Waals surface area (Å²) in [5.74, 6) is 0. The molecule has 0 heterocycles. The summed E-state index contributed by atoms with van der Waals surface area (Å²) in [7, 11) is 0. The second-order valence-electron chi connectivity index (χ2n) is 1.95. The van der Waals surface area contributed by atoms with E-state index < -0.39 is 0 Å². The van der Waals surface area contributed by atoms with Crippen molar-refractivity contribution in [2.75, 3.05) is 0 Å². The molecule has 0 amide bonds. The van der Waals surface area contributed by atoms with E-state index in [1.54, 1.807) is 0 Å². The number of rotatable bonds is 0. The van der Waals surface area contributed by atoms with E-state index in [4.69, 9.17) is 36.7 Å². The Kier molecular flexibility index (Phi) is 2.85. The van der Waals surface area contributed by atoms with E-state index >= 15 is 0 Å². The maximum atomic E-state index is 4.96. The Morgan fingerprint density at radius 1 is 0.900 bits per heavy atom. The molecule has 10 heavy (non-hydrogen) atoms. The molecule has 1 aliphatic carbocycles. The second-order valence-corrected chi connectivity index (χ2v) is 4.35. The van der Waals surface area contributed by atoms with Crippen LogP contribution in [0.3, 0.4) is 0 Å². The van der Waals surface area contributed by atoms with Crippen molar-refractivity contribution in [2.24, 2.45) is 0 Å². The van der Waals surface area contributed by atoms with Crippen LogP contribution in [-0.4, -0.2) is 25.1 Å². The van der Waals surface area contributed by atoms with Crippen LogP contribution in [0.1, 0.15) is 0 Å². The molecule has 1 fully saturated rings. The minimum atomic E-state index is -0.0571. The number of thiol groups is 2. The van der Waals surface area contributed by atoms with Gasteiger partial charge in [-0.25, -0.2) is 0 Å². The molecule has 1 aliphatic rings. The lowest BCUT2D eigenvalue weighted by Crippen LogP contribution is -2.15. The molecule has 0 saturated heterocycles. The van der Waals surface area contributed by atoms with Crippen LogP contribution < -0.4 is 0 Å². The molecule has 1 saturated carbocycles. The van der Waals surface area contributed by atoms with Crippen LogP contribution in [0, 0.1) is 0 Å². The largest absolute Gasteiger partial charge is 0.169 e. The van der Waals surface area contributed by atoms with Gasteiger partial charge in [-0.1, -0.05) is 36.7 Å². The topological polar surface area (TPSA) is 0 Å². The highest BCUT2D eigenvalue weighted by Gasteiger charge is 2.35. The lowest BCUT2D eigenvalue weighted by molar-refractivity contribution is 1.30. The summed E-state index contributed by atoms with van der Waals surface area (Å²) in [6.07, 6.45) is 0. The van der Waals surface area contributed by atoms with Crippen molar-refractivity contribution in [2.45, 2.75) is 10.5 Å². The molecule has 0 bridgehead atoms. The van der Waals surface area contributed by atoms with Crippen LogP contribution in [0.4, 0.5) is 0 Å². The average Bonchev–Trinajstić information content (AvgIpc) is 2.07. The third-order valence-electron chi connectivity index (χ3n) is 1.28. The fraction of sp³-hybridized carbons (Fsp3) is 0.400. The number of hydrogen-bond donors (Lipinski definition) is 2. The predicted molar refractivity (Wildman–Crippen MR) is 63.3 cm³/mol. The van der Waals surface area contributed by atoms with Crippen molar-refractivity contribution >= 4 is 76.5 Å². The van der Waals surface area contributed by atoms with Crippen LogP contribution in [0.5, 0.6) is 0 Å². The Morgan fingerprint density at radius 3 is 1.30 bits per heavy atom. The average molecular weight is 224 g/mol. The Labute approximate surface area is 86.6 Å². The van der Waals surface area contributed by atoms with Crippen molar-refractivity contribution in [3.63, 3.8) is 0 Å². The standard InChI is InChI=1S/C5H4S5/c6-1-2(7)4(9)5(10)3(1)8/h1-2,6-7H. The zero-order valence-corrected chi connectivity index (χ0v) is 9.01. The van der Waals surface area contributed by atoms with E-state index in [-0.39, 0.29) is 10.5 Å². The lowest BCUT2D eigenvalue weighted by atomic mass is 10.4. The van der Waals surface area contributed by atoms with Gasteiger partial charge in [-0.2, -0.15) is 25.3 Å². The Bertz CT molecular complexity index is 196. The van der Waals surface area contributed by atoms with Gasteiger partial charge >= 0.3 is 0 Å². The van der Waals surface area contributed by atoms with Gasteiger partial charge in [-0.15, -0.1) is 0 Å². The first-order valence-electron chi connectivity index (χ1n) is 2.54. The first-order valence-corrected chi connectivity index (χ1v) is 4.80. The summed E-state index contributed by atoms with van der Waals surface area (Å²) < 4.78 is 0. The number of hydrogen-bond acceptors (Lipinski definition) is 5. The monoisotopic (exact) mass is 224 g/mol. The molecule has 0 nitrogen and oxygen atoms in total. The van der Waals surface area contributed by atoms with Crippen molar-refractivity contribution in [1.29, 1.82) is 0 Å². The first kappa shape index (κ1) is 9.06. The van der Waals surface area contributed by atoms with E-state index in [0.29, 0.717) is 14.6 Å². The molecule has 54 valence electrons. The smallest absolute Gasteiger partial charge is 0.0679 e. The third-order valence-corrected chi connectivity index (χ3v) is 4.60. The van der Waals surface area contributed by atoms with Crippen LogP contribution >= 0.6 is 61.9 Å². The zero-order valence-electron chi connectivity index (χ0n) is 4.77. The normalized spacial score (nSPS) is 33.6. The zero-order chi connectivity index (χ0) is 7.89. The highest BCUT2D eigenvalue weighted by Crippen LogP contribution is 2.23. The predicted octanol–water partition coefficient (Wildman–Crippen LogP) is 1.71. The fourth-order valence-electron chi connectivity index (χ4n) is 0.677. The lowest BCUT2D eigenvalue weighted by Gasteiger charge is -2.03. The summed E-state index contributed by atoms with van der Waals surface area (Å²) in [6.45, 7) is 0. The molecule has 5 heteroatoms. The molecule has 0 aliphatic heterocycles. The number of thiocarbonyl (C=S) groups is 3. The van der Waals surface area contributed by atoms with Crippen molar-refractivity contribution in [3.05, 3.63) is 0 Å². The minimum Gasteiger partial charge on any atom is -0.169 e. The molecule has 1 rings (SSSR count). The van der Waals surface area contributed by atoms with Crippen LogP contribution in [-0.2, 0) is 0 Å². The highest BCUT2D eigenvalue weighted by atomic mass is 32.1. The molecule has 0 aromatic rings. The maximum Gasteiger partial charge on any atom is 0.0679 e. The second kappa shape index (κ2) is 3.15. The van der Waals surface area contributed by atoms with E-state index in [1.807, 2.05) is 0 Å². The molecule has 0 N–H and O–H groups in total. The van der Waals surface area contributed by atoms with Gasteiger partial charge < -0.3 is 0 Å². The molecule has 2 unspecified atom stereocenters. The van der Waals surface area contributed by atoms with Gasteiger partial charge in [-0.05, 0) is 0 Å². The molecule has 0 aromatic heterocycles. The van der Waals surface area contributed by atoms with Gasteiger partial charge in [0.25, 0.3) is 0 Å². The van der Waals surface area contributed by atoms with Gasteiger partial charge in [0, 0.05) is 9.73 Å². The summed E-state index contributed by atoms with van der Waals surface area (Å²) in [4.78, 5) is 1.94. The van der Waals surface area contributed by atoms with Crippen LogP contribution in [0.2, 0.25) is 0 Å². The summed E-state index contributed by atoms with van der Waals surface area (Å²) in [5.41, 5.74) is 0. The highest BCUT2D eigenvalue weighted by molar-refractivity contribution is 8.00. The van der Waals surface area contributed by atoms with Crippen molar-refractivity contribution < 1.29 is 0 Å².